The number of allylic oxidation sites excluding steroid dienone is 1. The molecular weight excluding hydrogens is 629 g/mol. The molecule has 0 heterocycles. The molecule has 0 aromatic heterocycles. The van der Waals surface area contributed by atoms with Crippen molar-refractivity contribution in [1.82, 2.24) is 0 Å². The summed E-state index contributed by atoms with van der Waals surface area (Å²) >= 11 is 0. The topological polar surface area (TPSA) is 108 Å². The number of phosphoric ester groups is 1. The first-order valence-corrected chi connectivity index (χ1v) is 20.9. The van der Waals surface area contributed by atoms with E-state index in [1.165, 1.54) is 103 Å². The minimum atomic E-state index is -4.36. The van der Waals surface area contributed by atoms with E-state index in [9.17, 15) is 19.0 Å². The first-order chi connectivity index (χ1) is 23.0. The van der Waals surface area contributed by atoms with Crippen LogP contribution in [-0.2, 0) is 32.7 Å². The number of carbonyl (C=O) groups is 2. The van der Waals surface area contributed by atoms with Crippen molar-refractivity contribution >= 4 is 19.8 Å². The molecule has 0 rings (SSSR count). The lowest BCUT2D eigenvalue weighted by Crippen LogP contribution is -2.37. The molecule has 0 aliphatic carbocycles. The average Bonchev–Trinajstić information content (AvgIpc) is 3.02. The summed E-state index contributed by atoms with van der Waals surface area (Å²) in [6.07, 6.45) is 28.7. The van der Waals surface area contributed by atoms with Gasteiger partial charge in [-0.25, -0.2) is 4.57 Å². The standard InChI is InChI=1S/C38H74NO8P/c1-6-8-10-12-14-16-17-18-19-20-21-23-24-26-28-30-37(40)44-34-36(35-46-48(42,43)45-33-32-39(3,4)5)47-38(41)31-29-27-25-22-15-13-11-9-7-2/h6,36H,1,7-35H2,2-5H3/p+1/t36-/m0/s1. The number of nitrogens with zero attached hydrogens (tertiary/aromatic N) is 1. The molecule has 0 spiro atoms. The summed E-state index contributed by atoms with van der Waals surface area (Å²) in [5.41, 5.74) is 0. The quantitative estimate of drug-likeness (QED) is 0.0226. The van der Waals surface area contributed by atoms with Gasteiger partial charge in [0, 0.05) is 12.8 Å². The van der Waals surface area contributed by atoms with Gasteiger partial charge in [0.2, 0.25) is 0 Å². The Kier molecular flexibility index (Phi) is 30.9. The summed E-state index contributed by atoms with van der Waals surface area (Å²) < 4.78 is 34.1. The first-order valence-electron chi connectivity index (χ1n) is 19.4. The highest BCUT2D eigenvalue weighted by atomic mass is 31.2. The van der Waals surface area contributed by atoms with Gasteiger partial charge in [-0.2, -0.15) is 0 Å². The van der Waals surface area contributed by atoms with Crippen molar-refractivity contribution in [2.24, 2.45) is 0 Å². The van der Waals surface area contributed by atoms with Gasteiger partial charge in [-0.3, -0.25) is 18.6 Å². The highest BCUT2D eigenvalue weighted by Crippen LogP contribution is 2.43. The number of likely N-dealkylation sites (N-methyl/N-ethyl adjacent to an activating group) is 1. The van der Waals surface area contributed by atoms with Crippen molar-refractivity contribution in [2.75, 3.05) is 47.5 Å². The van der Waals surface area contributed by atoms with Crippen LogP contribution in [0.25, 0.3) is 0 Å². The molecule has 0 amide bonds. The molecule has 284 valence electrons. The monoisotopic (exact) mass is 705 g/mol. The lowest BCUT2D eigenvalue weighted by Gasteiger charge is -2.24. The minimum absolute atomic E-state index is 0.0340. The summed E-state index contributed by atoms with van der Waals surface area (Å²) in [6, 6.07) is 0. The van der Waals surface area contributed by atoms with Gasteiger partial charge in [-0.05, 0) is 25.7 Å². The average molecular weight is 705 g/mol. The highest BCUT2D eigenvalue weighted by Gasteiger charge is 2.27. The van der Waals surface area contributed by atoms with E-state index in [0.717, 1.165) is 38.5 Å². The Morgan fingerprint density at radius 2 is 1.10 bits per heavy atom. The van der Waals surface area contributed by atoms with Gasteiger partial charge in [-0.15, -0.1) is 6.58 Å². The fourth-order valence-electron chi connectivity index (χ4n) is 5.35. The van der Waals surface area contributed by atoms with E-state index in [4.69, 9.17) is 18.5 Å². The fraction of sp³-hybridized carbons (Fsp3) is 0.895. The van der Waals surface area contributed by atoms with Crippen LogP contribution in [0.5, 0.6) is 0 Å². The van der Waals surface area contributed by atoms with Gasteiger partial charge in [0.1, 0.15) is 19.8 Å². The third-order valence-corrected chi connectivity index (χ3v) is 9.43. The summed E-state index contributed by atoms with van der Waals surface area (Å²) in [5, 5.41) is 0. The van der Waals surface area contributed by atoms with Crippen molar-refractivity contribution in [1.29, 1.82) is 0 Å². The molecule has 9 nitrogen and oxygen atoms in total. The fourth-order valence-corrected chi connectivity index (χ4v) is 6.09. The van der Waals surface area contributed by atoms with E-state index < -0.39 is 26.5 Å². The number of hydrogen-bond donors (Lipinski definition) is 1. The van der Waals surface area contributed by atoms with Crippen LogP contribution < -0.4 is 0 Å². The number of rotatable bonds is 36. The van der Waals surface area contributed by atoms with Gasteiger partial charge in [0.25, 0.3) is 0 Å². The van der Waals surface area contributed by atoms with Crippen LogP contribution in [0.1, 0.15) is 167 Å². The van der Waals surface area contributed by atoms with E-state index in [1.54, 1.807) is 0 Å². The molecule has 1 N–H and O–H groups in total. The van der Waals surface area contributed by atoms with Gasteiger partial charge in [0.05, 0.1) is 27.7 Å². The van der Waals surface area contributed by atoms with Gasteiger partial charge >= 0.3 is 19.8 Å². The van der Waals surface area contributed by atoms with Crippen molar-refractivity contribution in [3.05, 3.63) is 12.7 Å². The molecular formula is C38H75NO8P+. The minimum Gasteiger partial charge on any atom is -0.462 e. The molecule has 0 saturated carbocycles. The maximum absolute atomic E-state index is 12.6. The summed E-state index contributed by atoms with van der Waals surface area (Å²) in [7, 11) is 1.48. The zero-order chi connectivity index (χ0) is 35.8. The largest absolute Gasteiger partial charge is 0.472 e. The number of quaternary nitrogens is 1. The van der Waals surface area contributed by atoms with Crippen LogP contribution in [0.4, 0.5) is 0 Å². The molecule has 0 aromatic carbocycles. The van der Waals surface area contributed by atoms with Crippen molar-refractivity contribution < 1.29 is 42.1 Å². The Morgan fingerprint density at radius 3 is 1.56 bits per heavy atom. The van der Waals surface area contributed by atoms with Gasteiger partial charge in [0.15, 0.2) is 6.10 Å². The maximum Gasteiger partial charge on any atom is 0.472 e. The lowest BCUT2D eigenvalue weighted by molar-refractivity contribution is -0.870. The second-order valence-corrected chi connectivity index (χ2v) is 15.9. The molecule has 0 bridgehead atoms. The predicted molar refractivity (Wildman–Crippen MR) is 197 cm³/mol. The Balaban J connectivity index is 4.34. The molecule has 0 saturated heterocycles. The number of ether oxygens (including phenoxy) is 2. The van der Waals surface area contributed by atoms with Crippen LogP contribution in [0, 0.1) is 0 Å². The van der Waals surface area contributed by atoms with Gasteiger partial charge < -0.3 is 18.9 Å². The van der Waals surface area contributed by atoms with E-state index >= 15 is 0 Å². The number of phosphoric acid groups is 1. The Labute approximate surface area is 295 Å². The summed E-state index contributed by atoms with van der Waals surface area (Å²) in [5.74, 6) is -0.800. The van der Waals surface area contributed by atoms with Crippen LogP contribution in [0.3, 0.4) is 0 Å². The third kappa shape index (κ3) is 34.6. The zero-order valence-electron chi connectivity index (χ0n) is 31.6. The Hall–Kier alpha value is -1.25. The molecule has 0 fully saturated rings. The summed E-state index contributed by atoms with van der Waals surface area (Å²) in [6.45, 7) is 5.91. The SMILES string of the molecule is C=CCCCCCCCCCCCCCCCC(=O)OC[C@@H](COP(=O)(O)OCC[N+](C)(C)C)OC(=O)CCCCCCCCCCC. The molecule has 2 atom stereocenters. The van der Waals surface area contributed by atoms with E-state index in [-0.39, 0.29) is 25.6 Å². The number of hydrogen-bond acceptors (Lipinski definition) is 7. The van der Waals surface area contributed by atoms with Crippen LogP contribution in [0.2, 0.25) is 0 Å². The number of carbonyl (C=O) groups excluding carboxylic acids is 2. The Morgan fingerprint density at radius 1 is 0.667 bits per heavy atom. The highest BCUT2D eigenvalue weighted by molar-refractivity contribution is 7.47. The zero-order valence-corrected chi connectivity index (χ0v) is 32.5. The van der Waals surface area contributed by atoms with E-state index in [0.29, 0.717) is 23.9 Å². The first kappa shape index (κ1) is 46.8. The second-order valence-electron chi connectivity index (χ2n) is 14.4. The van der Waals surface area contributed by atoms with E-state index in [1.807, 2.05) is 27.2 Å². The van der Waals surface area contributed by atoms with Crippen LogP contribution in [-0.4, -0.2) is 74.9 Å². The van der Waals surface area contributed by atoms with Crippen molar-refractivity contribution in [2.45, 2.75) is 174 Å². The molecule has 48 heavy (non-hydrogen) atoms. The molecule has 0 radical (unpaired) electrons. The molecule has 10 heteroatoms. The summed E-state index contributed by atoms with van der Waals surface area (Å²) in [4.78, 5) is 35.1. The maximum atomic E-state index is 12.6. The molecule has 0 aromatic rings. The number of esters is 2. The smallest absolute Gasteiger partial charge is 0.462 e. The van der Waals surface area contributed by atoms with Crippen molar-refractivity contribution in [3.8, 4) is 0 Å². The molecule has 0 aliphatic rings. The molecule has 0 aliphatic heterocycles. The normalized spacial score (nSPS) is 13.6. The van der Waals surface area contributed by atoms with Crippen LogP contribution >= 0.6 is 7.82 Å². The third-order valence-electron chi connectivity index (χ3n) is 8.44. The second kappa shape index (κ2) is 31.7. The predicted octanol–water partition coefficient (Wildman–Crippen LogP) is 10.2. The van der Waals surface area contributed by atoms with Crippen molar-refractivity contribution in [3.63, 3.8) is 0 Å². The molecule has 1 unspecified atom stereocenters. The lowest BCUT2D eigenvalue weighted by atomic mass is 10.0. The van der Waals surface area contributed by atoms with E-state index in [2.05, 4.69) is 13.5 Å². The number of unbranched alkanes of at least 4 members (excludes halogenated alkanes) is 21. The van der Waals surface area contributed by atoms with Gasteiger partial charge in [-0.1, -0.05) is 135 Å². The van der Waals surface area contributed by atoms with Crippen LogP contribution in [0.15, 0.2) is 12.7 Å². The Bertz CT molecular complexity index is 832.